The summed E-state index contributed by atoms with van der Waals surface area (Å²) in [7, 11) is -3.95. The molecule has 0 spiro atoms. The number of hydrazine groups is 1. The second-order valence-electron chi connectivity index (χ2n) is 5.82. The number of ether oxygens (including phenoxy) is 2. The first-order valence-electron chi connectivity index (χ1n) is 8.13. The van der Waals surface area contributed by atoms with Crippen LogP contribution in [0.25, 0.3) is 11.0 Å². The van der Waals surface area contributed by atoms with Crippen LogP contribution in [0, 0.1) is 0 Å². The average Bonchev–Trinajstić information content (AvgIpc) is 3.09. The van der Waals surface area contributed by atoms with Crippen LogP contribution in [-0.4, -0.2) is 37.1 Å². The van der Waals surface area contributed by atoms with Gasteiger partial charge in [-0.1, -0.05) is 12.1 Å². The highest BCUT2D eigenvalue weighted by Gasteiger charge is 2.20. The van der Waals surface area contributed by atoms with Crippen LogP contribution in [0.5, 0.6) is 11.5 Å². The van der Waals surface area contributed by atoms with Crippen molar-refractivity contribution >= 4 is 27.0 Å². The van der Waals surface area contributed by atoms with Crippen molar-refractivity contribution in [2.24, 2.45) is 0 Å². The minimum Gasteiger partial charge on any atom is -0.486 e. The van der Waals surface area contributed by atoms with Crippen LogP contribution in [0.15, 0.2) is 53.7 Å². The number of nitrogens with zero attached hydrogens (tertiary/aromatic N) is 2. The van der Waals surface area contributed by atoms with Gasteiger partial charge in [-0.3, -0.25) is 10.2 Å². The maximum Gasteiger partial charge on any atom is 0.257 e. The number of amides is 1. The van der Waals surface area contributed by atoms with Gasteiger partial charge in [-0.15, -0.1) is 4.83 Å². The Balaban J connectivity index is 1.43. The Labute approximate surface area is 154 Å². The van der Waals surface area contributed by atoms with Gasteiger partial charge in [0.15, 0.2) is 11.5 Å². The molecule has 3 aromatic rings. The fourth-order valence-corrected chi connectivity index (χ4v) is 3.58. The van der Waals surface area contributed by atoms with E-state index in [1.54, 1.807) is 4.57 Å². The Kier molecular flexibility index (Phi) is 4.42. The van der Waals surface area contributed by atoms with E-state index in [0.29, 0.717) is 24.7 Å². The zero-order valence-corrected chi connectivity index (χ0v) is 14.9. The Morgan fingerprint density at radius 3 is 2.74 bits per heavy atom. The molecule has 140 valence electrons. The lowest BCUT2D eigenvalue weighted by Gasteiger charge is -2.19. The number of rotatable bonds is 5. The van der Waals surface area contributed by atoms with Crippen molar-refractivity contribution in [3.63, 3.8) is 0 Å². The third-order valence-electron chi connectivity index (χ3n) is 3.99. The maximum atomic E-state index is 12.4. The summed E-state index contributed by atoms with van der Waals surface area (Å²) in [6.07, 6.45) is 1.53. The molecule has 0 saturated carbocycles. The molecule has 0 fully saturated rings. The van der Waals surface area contributed by atoms with Crippen LogP contribution in [0.4, 0.5) is 0 Å². The first-order valence-corrected chi connectivity index (χ1v) is 9.61. The van der Waals surface area contributed by atoms with Gasteiger partial charge in [-0.05, 0) is 24.3 Å². The Bertz CT molecular complexity index is 1110. The number of carbonyl (C=O) groups excluding carboxylic acids is 1. The van der Waals surface area contributed by atoms with Gasteiger partial charge >= 0.3 is 0 Å². The molecule has 0 aliphatic carbocycles. The van der Waals surface area contributed by atoms with Gasteiger partial charge in [-0.25, -0.2) is 13.4 Å². The van der Waals surface area contributed by atoms with Crippen LogP contribution >= 0.6 is 0 Å². The number of imidazole rings is 1. The van der Waals surface area contributed by atoms with E-state index in [4.69, 9.17) is 9.47 Å². The van der Waals surface area contributed by atoms with Crippen LogP contribution in [0.2, 0.25) is 0 Å². The number of fused-ring (bicyclic) bond motifs is 2. The molecule has 0 atom stereocenters. The molecule has 9 nitrogen and oxygen atoms in total. The Hall–Kier alpha value is -3.11. The fourth-order valence-electron chi connectivity index (χ4n) is 2.70. The highest BCUT2D eigenvalue weighted by atomic mass is 32.2. The molecule has 0 saturated heterocycles. The SMILES string of the molecule is O=C(Cn1cnc2ccccc21)NNS(=O)(=O)c1ccc2c(c1)OCCO2. The predicted molar refractivity (Wildman–Crippen MR) is 95.6 cm³/mol. The second kappa shape index (κ2) is 6.89. The van der Waals surface area contributed by atoms with Crippen LogP contribution in [0.3, 0.4) is 0 Å². The van der Waals surface area contributed by atoms with Crippen LogP contribution < -0.4 is 19.7 Å². The molecule has 0 bridgehead atoms. The molecule has 1 aromatic heterocycles. The number of hydrogen-bond donors (Lipinski definition) is 2. The molecule has 1 amide bonds. The monoisotopic (exact) mass is 388 g/mol. The van der Waals surface area contributed by atoms with Gasteiger partial charge in [0.2, 0.25) is 0 Å². The number of aromatic nitrogens is 2. The molecular weight excluding hydrogens is 372 g/mol. The number of hydrogen-bond acceptors (Lipinski definition) is 6. The minimum absolute atomic E-state index is 0.0415. The van der Waals surface area contributed by atoms with Crippen molar-refractivity contribution in [3.8, 4) is 11.5 Å². The highest BCUT2D eigenvalue weighted by Crippen LogP contribution is 2.32. The molecule has 1 aliphatic heterocycles. The van der Waals surface area contributed by atoms with E-state index in [2.05, 4.69) is 15.2 Å². The van der Waals surface area contributed by atoms with Gasteiger partial charge in [0.05, 0.1) is 22.3 Å². The van der Waals surface area contributed by atoms with Gasteiger partial charge in [-0.2, -0.15) is 0 Å². The van der Waals surface area contributed by atoms with E-state index >= 15 is 0 Å². The predicted octanol–water partition coefficient (Wildman–Crippen LogP) is 0.817. The van der Waals surface area contributed by atoms with Gasteiger partial charge in [0, 0.05) is 6.07 Å². The summed E-state index contributed by atoms with van der Waals surface area (Å²) in [6.45, 7) is 0.681. The lowest BCUT2D eigenvalue weighted by atomic mass is 10.3. The van der Waals surface area contributed by atoms with Crippen molar-refractivity contribution < 1.29 is 22.7 Å². The van der Waals surface area contributed by atoms with E-state index in [1.165, 1.54) is 24.5 Å². The first-order chi connectivity index (χ1) is 13.0. The summed E-state index contributed by atoms with van der Waals surface area (Å²) >= 11 is 0. The van der Waals surface area contributed by atoms with E-state index in [-0.39, 0.29) is 11.4 Å². The number of para-hydroxylation sites is 2. The fraction of sp³-hybridized carbons (Fsp3) is 0.176. The molecular formula is C17H16N4O5S. The lowest BCUT2D eigenvalue weighted by Crippen LogP contribution is -2.43. The van der Waals surface area contributed by atoms with Crippen molar-refractivity contribution in [2.45, 2.75) is 11.4 Å². The number of benzene rings is 2. The molecule has 2 aromatic carbocycles. The molecule has 0 radical (unpaired) electrons. The number of sulfonamides is 1. The van der Waals surface area contributed by atoms with Crippen molar-refractivity contribution in [1.29, 1.82) is 0 Å². The van der Waals surface area contributed by atoms with E-state index in [1.807, 2.05) is 24.3 Å². The summed E-state index contributed by atoms with van der Waals surface area (Å²) < 4.78 is 37.2. The molecule has 1 aliphatic rings. The molecule has 0 unspecified atom stereocenters. The van der Waals surface area contributed by atoms with E-state index in [9.17, 15) is 13.2 Å². The second-order valence-corrected chi connectivity index (χ2v) is 7.50. The van der Waals surface area contributed by atoms with Gasteiger partial charge < -0.3 is 14.0 Å². The van der Waals surface area contributed by atoms with Crippen molar-refractivity contribution in [2.75, 3.05) is 13.2 Å². The van der Waals surface area contributed by atoms with E-state index in [0.717, 1.165) is 11.0 Å². The van der Waals surface area contributed by atoms with Crippen molar-refractivity contribution in [3.05, 3.63) is 48.8 Å². The largest absolute Gasteiger partial charge is 0.486 e. The number of nitrogens with one attached hydrogen (secondary N) is 2. The summed E-state index contributed by atoms with van der Waals surface area (Å²) in [5, 5.41) is 0. The Morgan fingerprint density at radius 2 is 1.89 bits per heavy atom. The standard InChI is InChI=1S/C17H16N4O5S/c22-17(10-21-11-18-13-3-1-2-4-14(13)21)19-20-27(23,24)12-5-6-15-16(9-12)26-8-7-25-15/h1-6,9,11,20H,7-8,10H2,(H,19,22). The minimum atomic E-state index is -3.95. The smallest absolute Gasteiger partial charge is 0.257 e. The first kappa shape index (κ1) is 17.3. The molecule has 2 heterocycles. The summed E-state index contributed by atoms with van der Waals surface area (Å²) in [4.78, 5) is 18.4. The maximum absolute atomic E-state index is 12.4. The molecule has 4 rings (SSSR count). The summed E-state index contributed by atoms with van der Waals surface area (Å²) in [5.74, 6) is 0.302. The van der Waals surface area contributed by atoms with Gasteiger partial charge in [0.25, 0.3) is 15.9 Å². The average molecular weight is 388 g/mol. The Morgan fingerprint density at radius 1 is 1.11 bits per heavy atom. The third-order valence-corrected chi connectivity index (χ3v) is 5.24. The highest BCUT2D eigenvalue weighted by molar-refractivity contribution is 7.89. The quantitative estimate of drug-likeness (QED) is 0.626. The van der Waals surface area contributed by atoms with Gasteiger partial charge in [0.1, 0.15) is 19.8 Å². The summed E-state index contributed by atoms with van der Waals surface area (Å²) in [5.41, 5.74) is 3.74. The number of carbonyl (C=O) groups is 1. The molecule has 27 heavy (non-hydrogen) atoms. The van der Waals surface area contributed by atoms with E-state index < -0.39 is 15.9 Å². The third kappa shape index (κ3) is 3.57. The topological polar surface area (TPSA) is 112 Å². The summed E-state index contributed by atoms with van der Waals surface area (Å²) in [6, 6.07) is 11.6. The zero-order valence-electron chi connectivity index (χ0n) is 14.1. The normalized spacial score (nSPS) is 13.5. The zero-order chi connectivity index (χ0) is 18.9. The molecule has 2 N–H and O–H groups in total. The molecule has 10 heteroatoms. The van der Waals surface area contributed by atoms with Crippen LogP contribution in [-0.2, 0) is 21.4 Å². The van der Waals surface area contributed by atoms with Crippen molar-refractivity contribution in [1.82, 2.24) is 19.8 Å². The lowest BCUT2D eigenvalue weighted by molar-refractivity contribution is -0.122. The van der Waals surface area contributed by atoms with Crippen LogP contribution in [0.1, 0.15) is 0 Å².